The Morgan fingerprint density at radius 1 is 0.816 bits per heavy atom. The smallest absolute Gasteiger partial charge is 0.244 e. The van der Waals surface area contributed by atoms with Crippen LogP contribution in [0, 0.1) is 0 Å². The first-order valence-electron chi connectivity index (χ1n) is 12.2. The summed E-state index contributed by atoms with van der Waals surface area (Å²) in [6, 6.07) is 5.18. The second-order valence-corrected chi connectivity index (χ2v) is 8.54. The maximum Gasteiger partial charge on any atom is 0.244 e. The van der Waals surface area contributed by atoms with Crippen LogP contribution in [0.4, 0.5) is 11.8 Å². The number of nitrogens with one attached hydrogen (secondary N) is 1. The van der Waals surface area contributed by atoms with Crippen LogP contribution in [0.2, 0.25) is 10.0 Å². The molecule has 0 aliphatic rings. The van der Waals surface area contributed by atoms with Crippen molar-refractivity contribution in [1.29, 1.82) is 0 Å². The molecule has 0 spiro atoms. The van der Waals surface area contributed by atoms with Crippen LogP contribution in [0.25, 0.3) is 11.3 Å². The third-order valence-electron chi connectivity index (χ3n) is 4.87. The Morgan fingerprint density at radius 3 is 2.03 bits per heavy atom. The van der Waals surface area contributed by atoms with Crippen LogP contribution >= 0.6 is 23.2 Å². The predicted octanol–water partition coefficient (Wildman–Crippen LogP) is 2.58. The minimum absolute atomic E-state index is 0.174. The molecule has 14 heteroatoms. The van der Waals surface area contributed by atoms with Gasteiger partial charge in [0, 0.05) is 26.3 Å². The zero-order valence-electron chi connectivity index (χ0n) is 21.8. The molecule has 0 amide bonds. The van der Waals surface area contributed by atoms with Crippen LogP contribution in [0.15, 0.2) is 18.2 Å². The van der Waals surface area contributed by atoms with Gasteiger partial charge in [-0.2, -0.15) is 4.98 Å². The van der Waals surface area contributed by atoms with Gasteiger partial charge in [0.25, 0.3) is 0 Å². The highest BCUT2D eigenvalue weighted by Crippen LogP contribution is 2.34. The second kappa shape index (κ2) is 20.1. The van der Waals surface area contributed by atoms with E-state index in [1.165, 1.54) is 0 Å². The number of methoxy groups -OCH3 is 2. The lowest BCUT2D eigenvalue weighted by Crippen LogP contribution is -2.29. The van der Waals surface area contributed by atoms with Crippen molar-refractivity contribution in [2.24, 2.45) is 0 Å². The molecule has 3 N–H and O–H groups in total. The number of nitrogens with two attached hydrogens (primary N) is 1. The van der Waals surface area contributed by atoms with Gasteiger partial charge in [0.05, 0.1) is 82.7 Å². The summed E-state index contributed by atoms with van der Waals surface area (Å²) in [6.07, 6.45) is -0.286. The molecular formula is C24H37Cl2N5O7. The first-order chi connectivity index (χ1) is 18.6. The molecule has 12 nitrogen and oxygen atoms in total. The van der Waals surface area contributed by atoms with E-state index >= 15 is 0 Å². The summed E-state index contributed by atoms with van der Waals surface area (Å²) in [7, 11) is 3.26. The van der Waals surface area contributed by atoms with Gasteiger partial charge in [0.1, 0.15) is 11.8 Å². The fraction of sp³-hybridized carbons (Fsp3) is 0.625. The van der Waals surface area contributed by atoms with Gasteiger partial charge in [-0.15, -0.1) is 10.2 Å². The van der Waals surface area contributed by atoms with Gasteiger partial charge < -0.3 is 44.2 Å². The highest BCUT2D eigenvalue weighted by Gasteiger charge is 2.14. The SMILES string of the molecule is COCCOCCOCC(COCCOCCOC)OCCNc1nnc(-c2cccc(Cl)c2Cl)c(N)n1. The monoisotopic (exact) mass is 577 g/mol. The number of nitrogen functional groups attached to an aromatic ring is 1. The third kappa shape index (κ3) is 12.8. The molecule has 0 aliphatic carbocycles. The number of ether oxygens (including phenoxy) is 7. The quantitative estimate of drug-likeness (QED) is 0.198. The molecule has 0 fully saturated rings. The van der Waals surface area contributed by atoms with Crippen molar-refractivity contribution in [2.75, 3.05) is 104 Å². The zero-order chi connectivity index (χ0) is 27.4. The fourth-order valence-electron chi connectivity index (χ4n) is 2.98. The predicted molar refractivity (Wildman–Crippen MR) is 145 cm³/mol. The summed E-state index contributed by atoms with van der Waals surface area (Å²) in [4.78, 5) is 4.26. The van der Waals surface area contributed by atoms with Crippen LogP contribution in [0.1, 0.15) is 0 Å². The summed E-state index contributed by atoms with van der Waals surface area (Å²) >= 11 is 12.3. The van der Waals surface area contributed by atoms with Crippen molar-refractivity contribution in [2.45, 2.75) is 6.10 Å². The van der Waals surface area contributed by atoms with E-state index in [2.05, 4.69) is 20.5 Å². The normalized spacial score (nSPS) is 11.4. The minimum atomic E-state index is -0.286. The molecule has 0 bridgehead atoms. The summed E-state index contributed by atoms with van der Waals surface area (Å²) in [6.45, 7) is 5.37. The van der Waals surface area contributed by atoms with Crippen molar-refractivity contribution in [1.82, 2.24) is 15.2 Å². The lowest BCUT2D eigenvalue weighted by atomic mass is 10.1. The summed E-state index contributed by atoms with van der Waals surface area (Å²) in [5, 5.41) is 12.0. The largest absolute Gasteiger partial charge is 0.382 e. The van der Waals surface area contributed by atoms with E-state index in [1.54, 1.807) is 32.4 Å². The number of benzene rings is 1. The Balaban J connectivity index is 1.76. The average molecular weight is 578 g/mol. The first kappa shape index (κ1) is 32.3. The molecule has 38 heavy (non-hydrogen) atoms. The van der Waals surface area contributed by atoms with Crippen LogP contribution in [-0.2, 0) is 33.2 Å². The average Bonchev–Trinajstić information content (AvgIpc) is 2.91. The maximum absolute atomic E-state index is 6.26. The number of aromatic nitrogens is 3. The van der Waals surface area contributed by atoms with E-state index in [4.69, 9.17) is 62.1 Å². The molecule has 0 atom stereocenters. The van der Waals surface area contributed by atoms with Crippen molar-refractivity contribution in [3.8, 4) is 11.3 Å². The van der Waals surface area contributed by atoms with E-state index in [0.29, 0.717) is 101 Å². The molecule has 1 aromatic heterocycles. The van der Waals surface area contributed by atoms with E-state index in [0.717, 1.165) is 0 Å². The van der Waals surface area contributed by atoms with E-state index in [-0.39, 0.29) is 17.9 Å². The Hall–Kier alpha value is -1.87. The van der Waals surface area contributed by atoms with Gasteiger partial charge in [-0.05, 0) is 6.07 Å². The minimum Gasteiger partial charge on any atom is -0.382 e. The number of hydrogen-bond donors (Lipinski definition) is 2. The topological polar surface area (TPSA) is 141 Å². The van der Waals surface area contributed by atoms with Crippen molar-refractivity contribution >= 4 is 35.0 Å². The van der Waals surface area contributed by atoms with Gasteiger partial charge in [-0.1, -0.05) is 35.3 Å². The molecular weight excluding hydrogens is 541 g/mol. The standard InChI is InChI=1S/C24H37Cl2N5O7/c1-32-8-10-34-12-14-36-16-18(17-37-15-13-35-11-9-33-2)38-7-6-28-24-29-23(27)22(30-31-24)19-4-3-5-20(25)21(19)26/h3-5,18H,6-17H2,1-2H3,(H3,27,28,29,31). The molecule has 214 valence electrons. The van der Waals surface area contributed by atoms with E-state index in [9.17, 15) is 0 Å². The summed E-state index contributed by atoms with van der Waals surface area (Å²) in [5.74, 6) is 0.436. The third-order valence-corrected chi connectivity index (χ3v) is 5.69. The van der Waals surface area contributed by atoms with E-state index in [1.807, 2.05) is 0 Å². The lowest BCUT2D eigenvalue weighted by Gasteiger charge is -2.19. The summed E-state index contributed by atoms with van der Waals surface area (Å²) < 4.78 is 38.0. The Morgan fingerprint density at radius 2 is 1.42 bits per heavy atom. The molecule has 0 saturated heterocycles. The number of nitrogens with zero attached hydrogens (tertiary/aromatic N) is 3. The van der Waals surface area contributed by atoms with Gasteiger partial charge in [-0.3, -0.25) is 0 Å². The van der Waals surface area contributed by atoms with Crippen LogP contribution in [0.3, 0.4) is 0 Å². The molecule has 2 rings (SSSR count). The zero-order valence-corrected chi connectivity index (χ0v) is 23.3. The molecule has 0 unspecified atom stereocenters. The lowest BCUT2D eigenvalue weighted by molar-refractivity contribution is -0.0725. The van der Waals surface area contributed by atoms with Crippen LogP contribution < -0.4 is 11.1 Å². The number of hydrogen-bond acceptors (Lipinski definition) is 12. The Bertz CT molecular complexity index is 898. The van der Waals surface area contributed by atoms with Gasteiger partial charge >= 0.3 is 0 Å². The first-order valence-corrected chi connectivity index (χ1v) is 12.9. The highest BCUT2D eigenvalue weighted by molar-refractivity contribution is 6.43. The number of rotatable bonds is 22. The molecule has 1 heterocycles. The fourth-order valence-corrected chi connectivity index (χ4v) is 3.37. The Kier molecular flexibility index (Phi) is 17.1. The summed E-state index contributed by atoms with van der Waals surface area (Å²) in [5.41, 5.74) is 6.99. The van der Waals surface area contributed by atoms with Gasteiger partial charge in [0.15, 0.2) is 5.82 Å². The number of anilines is 2. The van der Waals surface area contributed by atoms with Gasteiger partial charge in [-0.25, -0.2) is 0 Å². The number of halogens is 2. The van der Waals surface area contributed by atoms with Crippen LogP contribution in [0.5, 0.6) is 0 Å². The van der Waals surface area contributed by atoms with Crippen molar-refractivity contribution < 1.29 is 33.2 Å². The van der Waals surface area contributed by atoms with Crippen molar-refractivity contribution in [3.05, 3.63) is 28.2 Å². The van der Waals surface area contributed by atoms with Crippen molar-refractivity contribution in [3.63, 3.8) is 0 Å². The van der Waals surface area contributed by atoms with Gasteiger partial charge in [0.2, 0.25) is 5.95 Å². The Labute approximate surface area is 233 Å². The highest BCUT2D eigenvalue weighted by atomic mass is 35.5. The second-order valence-electron chi connectivity index (χ2n) is 7.75. The molecule has 0 saturated carbocycles. The molecule has 0 aliphatic heterocycles. The molecule has 2 aromatic rings. The molecule has 1 aromatic carbocycles. The van der Waals surface area contributed by atoms with Crippen LogP contribution in [-0.4, -0.2) is 115 Å². The molecule has 0 radical (unpaired) electrons. The maximum atomic E-state index is 6.26. The van der Waals surface area contributed by atoms with E-state index < -0.39 is 0 Å².